The molecule has 1 unspecified atom stereocenters. The van der Waals surface area contributed by atoms with Gasteiger partial charge >= 0.3 is 5.97 Å². The zero-order valence-electron chi connectivity index (χ0n) is 24.3. The van der Waals surface area contributed by atoms with Crippen molar-refractivity contribution in [2.45, 2.75) is 76.8 Å². The van der Waals surface area contributed by atoms with Crippen molar-refractivity contribution in [1.82, 2.24) is 0 Å². The highest BCUT2D eigenvalue weighted by molar-refractivity contribution is 6.00. The van der Waals surface area contributed by atoms with E-state index in [1.807, 2.05) is 32.0 Å². The number of methoxy groups -OCH3 is 3. The number of aliphatic hydroxyl groups is 1. The Hall–Kier alpha value is -2.89. The van der Waals surface area contributed by atoms with Gasteiger partial charge in [-0.05, 0) is 39.7 Å². The van der Waals surface area contributed by atoms with Crippen LogP contribution in [-0.2, 0) is 40.7 Å². The zero-order chi connectivity index (χ0) is 29.1. The quantitative estimate of drug-likeness (QED) is 0.242. The van der Waals surface area contributed by atoms with Gasteiger partial charge in [0, 0.05) is 30.6 Å². The number of esters is 1. The highest BCUT2D eigenvalue weighted by Crippen LogP contribution is 2.54. The number of carbonyl (C=O) groups is 1. The van der Waals surface area contributed by atoms with E-state index in [4.69, 9.17) is 37.9 Å². The maximum atomic E-state index is 12.6. The number of ether oxygens (including phenoxy) is 8. The van der Waals surface area contributed by atoms with Crippen LogP contribution in [0.15, 0.2) is 30.4 Å². The first-order valence-electron chi connectivity index (χ1n) is 13.5. The molecule has 0 radical (unpaired) electrons. The number of fused-ring (bicyclic) bond motifs is 2. The Morgan fingerprint density at radius 1 is 1.12 bits per heavy atom. The predicted molar refractivity (Wildman–Crippen MR) is 147 cm³/mol. The van der Waals surface area contributed by atoms with E-state index in [0.717, 1.165) is 6.42 Å². The lowest BCUT2D eigenvalue weighted by Gasteiger charge is -2.44. The van der Waals surface area contributed by atoms with Gasteiger partial charge in [-0.2, -0.15) is 0 Å². The van der Waals surface area contributed by atoms with E-state index < -0.39 is 29.8 Å². The third-order valence-electron chi connectivity index (χ3n) is 6.94. The van der Waals surface area contributed by atoms with Gasteiger partial charge in [0.05, 0.1) is 44.0 Å². The average molecular weight is 561 g/mol. The molecular formula is C30H40O10. The van der Waals surface area contributed by atoms with Gasteiger partial charge in [0.1, 0.15) is 23.4 Å². The summed E-state index contributed by atoms with van der Waals surface area (Å²) >= 11 is 0. The van der Waals surface area contributed by atoms with Crippen LogP contribution in [0.2, 0.25) is 0 Å². The van der Waals surface area contributed by atoms with Gasteiger partial charge in [0.15, 0.2) is 12.6 Å². The smallest absolute Gasteiger partial charge is 0.330 e. The summed E-state index contributed by atoms with van der Waals surface area (Å²) in [5, 5.41) is 13.9. The fraction of sp³-hybridized carbons (Fsp3) is 0.567. The van der Waals surface area contributed by atoms with Gasteiger partial charge in [0.2, 0.25) is 5.79 Å². The summed E-state index contributed by atoms with van der Waals surface area (Å²) in [7, 11) is 4.39. The minimum Gasteiger partial charge on any atom is -0.496 e. The van der Waals surface area contributed by atoms with E-state index in [9.17, 15) is 9.90 Å². The van der Waals surface area contributed by atoms with Crippen molar-refractivity contribution in [2.24, 2.45) is 0 Å². The lowest BCUT2D eigenvalue weighted by molar-refractivity contribution is -0.316. The standard InChI is InChI=1S/C30H40O10/c1-8-15-36-26-19-11-9-13-21(34-6)24(19)27(37-17-33-5)25(20(26)12-10-14-23(31)35-7)30(32)28-22(16-18(2)38-30)39-29(3,4)40-28/h9-11,13-14,18,22,28,32H,8,12,15-17H2,1-7H3/b14-10+/t18-,22-,28-,30?/m0/s1. The van der Waals surface area contributed by atoms with E-state index in [1.165, 1.54) is 20.3 Å². The molecule has 2 fully saturated rings. The number of benzene rings is 2. The molecule has 2 saturated heterocycles. The van der Waals surface area contributed by atoms with Gasteiger partial charge in [0.25, 0.3) is 0 Å². The Morgan fingerprint density at radius 3 is 2.58 bits per heavy atom. The molecule has 0 saturated carbocycles. The molecule has 2 heterocycles. The maximum Gasteiger partial charge on any atom is 0.330 e. The molecule has 0 amide bonds. The molecular weight excluding hydrogens is 520 g/mol. The minimum absolute atomic E-state index is 0.116. The van der Waals surface area contributed by atoms with Gasteiger partial charge in [-0.25, -0.2) is 4.79 Å². The fourth-order valence-electron chi connectivity index (χ4n) is 5.50. The van der Waals surface area contributed by atoms with E-state index >= 15 is 0 Å². The third-order valence-corrected chi connectivity index (χ3v) is 6.94. The van der Waals surface area contributed by atoms with Crippen molar-refractivity contribution in [3.05, 3.63) is 41.5 Å². The first-order valence-corrected chi connectivity index (χ1v) is 13.5. The minimum atomic E-state index is -2.02. The molecule has 0 aliphatic carbocycles. The lowest BCUT2D eigenvalue weighted by atomic mass is 9.83. The largest absolute Gasteiger partial charge is 0.496 e. The molecule has 1 N–H and O–H groups in total. The summed E-state index contributed by atoms with van der Waals surface area (Å²) in [5.74, 6) is -2.17. The van der Waals surface area contributed by atoms with Gasteiger partial charge in [-0.15, -0.1) is 0 Å². The van der Waals surface area contributed by atoms with Gasteiger partial charge < -0.3 is 43.0 Å². The Labute approximate surface area is 235 Å². The Balaban J connectivity index is 2.10. The molecule has 2 aliphatic rings. The average Bonchev–Trinajstić information content (AvgIpc) is 3.24. The number of hydrogen-bond donors (Lipinski definition) is 1. The second-order valence-electron chi connectivity index (χ2n) is 10.4. The van der Waals surface area contributed by atoms with E-state index in [0.29, 0.717) is 52.2 Å². The summed E-state index contributed by atoms with van der Waals surface area (Å²) < 4.78 is 47.3. The van der Waals surface area contributed by atoms with Crippen molar-refractivity contribution >= 4 is 16.7 Å². The molecule has 0 bridgehead atoms. The van der Waals surface area contributed by atoms with E-state index in [1.54, 1.807) is 27.0 Å². The molecule has 40 heavy (non-hydrogen) atoms. The maximum absolute atomic E-state index is 12.6. The second kappa shape index (κ2) is 12.3. The summed E-state index contributed by atoms with van der Waals surface area (Å²) in [6.45, 7) is 7.78. The molecule has 2 aromatic carbocycles. The van der Waals surface area contributed by atoms with Crippen LogP contribution in [-0.4, -0.2) is 69.9 Å². The SMILES string of the molecule is CCCOc1c(C/C=C/C(=O)OC)c(C2(O)O[C@@H](C)C[C@@H]3OC(C)(C)O[C@@H]32)c(OCOC)c2c(OC)cccc12. The predicted octanol–water partition coefficient (Wildman–Crippen LogP) is 4.37. The van der Waals surface area contributed by atoms with Crippen molar-refractivity contribution in [1.29, 1.82) is 0 Å². The molecule has 2 aliphatic heterocycles. The van der Waals surface area contributed by atoms with Crippen LogP contribution in [0, 0.1) is 0 Å². The van der Waals surface area contributed by atoms with Crippen LogP contribution in [0.3, 0.4) is 0 Å². The topological polar surface area (TPSA) is 111 Å². The van der Waals surface area contributed by atoms with Crippen LogP contribution >= 0.6 is 0 Å². The second-order valence-corrected chi connectivity index (χ2v) is 10.4. The van der Waals surface area contributed by atoms with Crippen LogP contribution < -0.4 is 14.2 Å². The number of carbonyl (C=O) groups excluding carboxylic acids is 1. The lowest BCUT2D eigenvalue weighted by Crippen LogP contribution is -2.54. The molecule has 220 valence electrons. The molecule has 0 spiro atoms. The van der Waals surface area contributed by atoms with E-state index in [2.05, 4.69) is 0 Å². The fourth-order valence-corrected chi connectivity index (χ4v) is 5.50. The number of allylic oxidation sites excluding steroid dienone is 1. The number of hydrogen-bond acceptors (Lipinski definition) is 10. The number of rotatable bonds is 11. The van der Waals surface area contributed by atoms with Crippen molar-refractivity contribution in [3.63, 3.8) is 0 Å². The molecule has 10 heteroatoms. The first-order chi connectivity index (χ1) is 19.1. The Bertz CT molecular complexity index is 1240. The normalized spacial score (nSPS) is 25.6. The summed E-state index contributed by atoms with van der Waals surface area (Å²) in [4.78, 5) is 12.0. The Kier molecular flexibility index (Phi) is 9.26. The molecule has 10 nitrogen and oxygen atoms in total. The molecule has 4 atom stereocenters. The highest BCUT2D eigenvalue weighted by Gasteiger charge is 2.60. The highest BCUT2D eigenvalue weighted by atomic mass is 16.8. The van der Waals surface area contributed by atoms with Crippen LogP contribution in [0.1, 0.15) is 51.7 Å². The van der Waals surface area contributed by atoms with Crippen molar-refractivity contribution in [3.8, 4) is 17.2 Å². The molecule has 2 aromatic rings. The third kappa shape index (κ3) is 5.77. The van der Waals surface area contributed by atoms with Crippen molar-refractivity contribution < 1.29 is 47.8 Å². The zero-order valence-corrected chi connectivity index (χ0v) is 24.3. The Morgan fingerprint density at radius 2 is 1.90 bits per heavy atom. The van der Waals surface area contributed by atoms with Gasteiger partial charge in [-0.1, -0.05) is 25.1 Å². The molecule has 0 aromatic heterocycles. The summed E-state index contributed by atoms with van der Waals surface area (Å²) in [6, 6.07) is 5.56. The summed E-state index contributed by atoms with van der Waals surface area (Å²) in [5.41, 5.74) is 0.856. The molecule has 4 rings (SSSR count). The van der Waals surface area contributed by atoms with Crippen LogP contribution in [0.5, 0.6) is 17.2 Å². The van der Waals surface area contributed by atoms with Crippen LogP contribution in [0.4, 0.5) is 0 Å². The first kappa shape index (κ1) is 30.1. The van der Waals surface area contributed by atoms with Crippen molar-refractivity contribution in [2.75, 3.05) is 34.7 Å². The van der Waals surface area contributed by atoms with Crippen LogP contribution in [0.25, 0.3) is 10.8 Å². The van der Waals surface area contributed by atoms with E-state index in [-0.39, 0.29) is 19.3 Å². The monoisotopic (exact) mass is 560 g/mol. The van der Waals surface area contributed by atoms with Gasteiger partial charge in [-0.3, -0.25) is 0 Å². The summed E-state index contributed by atoms with van der Waals surface area (Å²) in [6.07, 6.45) is 2.70.